The Morgan fingerprint density at radius 2 is 2.15 bits per heavy atom. The van der Waals surface area contributed by atoms with Crippen molar-refractivity contribution < 1.29 is 13.4 Å². The maximum absolute atomic E-state index is 14.3. The highest BCUT2D eigenvalue weighted by atomic mass is 32.2. The molecule has 0 aromatic carbocycles. The van der Waals surface area contributed by atoms with Gasteiger partial charge in [-0.1, -0.05) is 0 Å². The number of amidine groups is 1. The summed E-state index contributed by atoms with van der Waals surface area (Å²) < 4.78 is 25.9. The Bertz CT molecular complexity index is 903. The molecule has 1 aliphatic rings. The Labute approximate surface area is 151 Å². The van der Waals surface area contributed by atoms with Gasteiger partial charge in [-0.15, -0.1) is 0 Å². The summed E-state index contributed by atoms with van der Waals surface area (Å²) in [6, 6.07) is 1.71. The van der Waals surface area contributed by atoms with Gasteiger partial charge in [0, 0.05) is 23.2 Å². The molecule has 0 fully saturated rings. The van der Waals surface area contributed by atoms with Crippen LogP contribution in [0.1, 0.15) is 36.1 Å². The Kier molecular flexibility index (Phi) is 4.77. The molecule has 2 aromatic rings. The van der Waals surface area contributed by atoms with Gasteiger partial charge in [0.25, 0.3) is 5.91 Å². The Hall–Kier alpha value is -2.75. The smallest absolute Gasteiger partial charge is 0.277 e. The Balaban J connectivity index is 1.88. The van der Waals surface area contributed by atoms with Crippen LogP contribution >= 0.6 is 0 Å². The van der Waals surface area contributed by atoms with Gasteiger partial charge in [-0.05, 0) is 26.0 Å². The Morgan fingerprint density at radius 3 is 2.81 bits per heavy atom. The molecule has 0 radical (unpaired) electrons. The Morgan fingerprint density at radius 1 is 1.38 bits per heavy atom. The molecule has 1 amide bonds. The lowest BCUT2D eigenvalue weighted by Crippen LogP contribution is -2.47. The van der Waals surface area contributed by atoms with Gasteiger partial charge < -0.3 is 11.1 Å². The summed E-state index contributed by atoms with van der Waals surface area (Å²) in [5.41, 5.74) is 5.98. The summed E-state index contributed by atoms with van der Waals surface area (Å²) >= 11 is 0. The number of aliphatic imine (C=N–C) groups is 1. The fourth-order valence-corrected chi connectivity index (χ4v) is 3.55. The molecule has 0 spiro atoms. The number of amides is 1. The number of aromatic nitrogens is 3. The van der Waals surface area contributed by atoms with E-state index in [4.69, 9.17) is 5.73 Å². The molecular formula is C16H17FN6O2S. The lowest BCUT2D eigenvalue weighted by Gasteiger charge is -2.30. The summed E-state index contributed by atoms with van der Waals surface area (Å²) in [4.78, 5) is 28.2. The maximum atomic E-state index is 14.3. The van der Waals surface area contributed by atoms with Gasteiger partial charge in [0.1, 0.15) is 34.9 Å². The SMILES string of the molecule is CC1(C)C(N)=NC(c2nc(NC(=O)c3cnccn3)ccc2F)CS1=O. The van der Waals surface area contributed by atoms with Crippen LogP contribution in [-0.4, -0.2) is 41.4 Å². The van der Waals surface area contributed by atoms with Gasteiger partial charge in [-0.25, -0.2) is 14.4 Å². The van der Waals surface area contributed by atoms with Gasteiger partial charge in [0.15, 0.2) is 0 Å². The van der Waals surface area contributed by atoms with Crippen LogP contribution in [0.3, 0.4) is 0 Å². The lowest BCUT2D eigenvalue weighted by molar-refractivity contribution is 0.102. The minimum Gasteiger partial charge on any atom is -0.386 e. The largest absolute Gasteiger partial charge is 0.386 e. The fraction of sp³-hybridized carbons (Fsp3) is 0.312. The van der Waals surface area contributed by atoms with E-state index in [1.54, 1.807) is 13.8 Å². The first-order valence-electron chi connectivity index (χ1n) is 7.75. The summed E-state index contributed by atoms with van der Waals surface area (Å²) in [6.07, 6.45) is 4.13. The number of nitrogens with two attached hydrogens (primary N) is 1. The molecule has 3 rings (SSSR count). The standard InChI is InChI=1S/C16H17FN6O2S/c1-16(2)15(18)21-11(8-26(16)25)13-9(17)3-4-12(22-13)23-14(24)10-7-19-5-6-20-10/h3-7,11H,8H2,1-2H3,(H2,18,21)(H,22,23,24). The second-order valence-electron chi connectivity index (χ2n) is 6.16. The molecule has 3 N–H and O–H groups in total. The molecule has 2 atom stereocenters. The number of nitrogens with zero attached hydrogens (tertiary/aromatic N) is 4. The first-order chi connectivity index (χ1) is 12.3. The number of hydrogen-bond donors (Lipinski definition) is 2. The van der Waals surface area contributed by atoms with Crippen molar-refractivity contribution in [3.8, 4) is 0 Å². The normalized spacial score (nSPS) is 21.7. The van der Waals surface area contributed by atoms with Gasteiger partial charge in [-0.2, -0.15) is 0 Å². The third kappa shape index (κ3) is 3.45. The van der Waals surface area contributed by atoms with Crippen molar-refractivity contribution in [3.63, 3.8) is 0 Å². The monoisotopic (exact) mass is 376 g/mol. The second-order valence-corrected chi connectivity index (χ2v) is 8.21. The second kappa shape index (κ2) is 6.87. The van der Waals surface area contributed by atoms with Gasteiger partial charge in [0.05, 0.1) is 16.7 Å². The quantitative estimate of drug-likeness (QED) is 0.830. The molecule has 136 valence electrons. The molecule has 0 bridgehead atoms. The van der Waals surface area contributed by atoms with Crippen LogP contribution in [0.2, 0.25) is 0 Å². The van der Waals surface area contributed by atoms with E-state index in [2.05, 4.69) is 25.3 Å². The molecule has 8 nitrogen and oxygen atoms in total. The van der Waals surface area contributed by atoms with E-state index >= 15 is 0 Å². The van der Waals surface area contributed by atoms with Crippen molar-refractivity contribution in [2.75, 3.05) is 11.1 Å². The molecule has 0 aliphatic carbocycles. The minimum atomic E-state index is -1.33. The number of halogens is 1. The number of pyridine rings is 1. The predicted molar refractivity (Wildman–Crippen MR) is 95.6 cm³/mol. The van der Waals surface area contributed by atoms with Gasteiger partial charge >= 0.3 is 0 Å². The van der Waals surface area contributed by atoms with Crippen LogP contribution in [0.4, 0.5) is 10.2 Å². The highest BCUT2D eigenvalue weighted by molar-refractivity contribution is 7.87. The number of carbonyl (C=O) groups excluding carboxylic acids is 1. The number of anilines is 1. The van der Waals surface area contributed by atoms with E-state index in [9.17, 15) is 13.4 Å². The first-order valence-corrected chi connectivity index (χ1v) is 9.07. The summed E-state index contributed by atoms with van der Waals surface area (Å²) in [6.45, 7) is 3.44. The van der Waals surface area contributed by atoms with E-state index in [0.29, 0.717) is 0 Å². The molecule has 0 saturated heterocycles. The van der Waals surface area contributed by atoms with Crippen LogP contribution in [0, 0.1) is 5.82 Å². The zero-order valence-electron chi connectivity index (χ0n) is 14.1. The van der Waals surface area contributed by atoms with Crippen molar-refractivity contribution >= 4 is 28.4 Å². The lowest BCUT2D eigenvalue weighted by atomic mass is 10.1. The summed E-state index contributed by atoms with van der Waals surface area (Å²) in [5, 5.41) is 2.53. The van der Waals surface area contributed by atoms with Crippen molar-refractivity contribution in [2.24, 2.45) is 10.7 Å². The van der Waals surface area contributed by atoms with Crippen LogP contribution in [-0.2, 0) is 10.8 Å². The topological polar surface area (TPSA) is 123 Å². The molecule has 10 heteroatoms. The molecule has 2 unspecified atom stereocenters. The highest BCUT2D eigenvalue weighted by Crippen LogP contribution is 2.30. The molecule has 0 saturated carbocycles. The zero-order chi connectivity index (χ0) is 18.9. The molecule has 26 heavy (non-hydrogen) atoms. The number of rotatable bonds is 3. The molecule has 2 aromatic heterocycles. The average Bonchev–Trinajstić information content (AvgIpc) is 2.62. The first kappa shape index (κ1) is 18.1. The third-order valence-corrected chi connectivity index (χ3v) is 5.98. The van der Waals surface area contributed by atoms with Crippen LogP contribution in [0.25, 0.3) is 0 Å². The van der Waals surface area contributed by atoms with Crippen molar-refractivity contribution in [1.29, 1.82) is 0 Å². The van der Waals surface area contributed by atoms with Crippen LogP contribution in [0.5, 0.6) is 0 Å². The van der Waals surface area contributed by atoms with Crippen LogP contribution in [0.15, 0.2) is 35.7 Å². The van der Waals surface area contributed by atoms with E-state index in [0.717, 1.165) is 0 Å². The fourth-order valence-electron chi connectivity index (χ4n) is 2.33. The molecule has 3 heterocycles. The van der Waals surface area contributed by atoms with Crippen molar-refractivity contribution in [3.05, 3.63) is 47.9 Å². The number of nitrogens with one attached hydrogen (secondary N) is 1. The number of hydrogen-bond acceptors (Lipinski definition) is 7. The molecular weight excluding hydrogens is 359 g/mol. The summed E-state index contributed by atoms with van der Waals surface area (Å²) in [5.74, 6) is -0.733. The maximum Gasteiger partial charge on any atom is 0.277 e. The van der Waals surface area contributed by atoms with Crippen molar-refractivity contribution in [2.45, 2.75) is 24.6 Å². The minimum absolute atomic E-state index is 0.0197. The zero-order valence-corrected chi connectivity index (χ0v) is 15.0. The predicted octanol–water partition coefficient (Wildman–Crippen LogP) is 1.20. The number of carbonyl (C=O) groups is 1. The third-order valence-electron chi connectivity index (χ3n) is 4.02. The van der Waals surface area contributed by atoms with Crippen molar-refractivity contribution in [1.82, 2.24) is 15.0 Å². The van der Waals surface area contributed by atoms with E-state index in [-0.39, 0.29) is 28.8 Å². The van der Waals surface area contributed by atoms with E-state index in [1.807, 2.05) is 0 Å². The van der Waals surface area contributed by atoms with Gasteiger partial charge in [0.2, 0.25) is 0 Å². The highest BCUT2D eigenvalue weighted by Gasteiger charge is 2.38. The van der Waals surface area contributed by atoms with E-state index in [1.165, 1.54) is 30.7 Å². The summed E-state index contributed by atoms with van der Waals surface area (Å²) in [7, 11) is -1.33. The van der Waals surface area contributed by atoms with Gasteiger partial charge in [-0.3, -0.25) is 19.0 Å². The van der Waals surface area contributed by atoms with E-state index < -0.39 is 33.3 Å². The average molecular weight is 376 g/mol. The molecule has 1 aliphatic heterocycles. The van der Waals surface area contributed by atoms with Crippen LogP contribution < -0.4 is 11.1 Å².